The Morgan fingerprint density at radius 3 is 2.53 bits per heavy atom. The standard InChI is InChI=1S/C11H13FO4S/c12-8-3-7(11(16)9(13)5-17)2-1-6(8)4-10(14)15/h1-3,9,11,13,16-17H,4-5H2,(H,14,15). The van der Waals surface area contributed by atoms with E-state index in [4.69, 9.17) is 5.11 Å². The van der Waals surface area contributed by atoms with Crippen LogP contribution in [0.5, 0.6) is 0 Å². The summed E-state index contributed by atoms with van der Waals surface area (Å²) >= 11 is 3.82. The number of aliphatic hydroxyl groups is 2. The van der Waals surface area contributed by atoms with E-state index in [-0.39, 0.29) is 16.9 Å². The Bertz CT molecular complexity index is 410. The molecule has 17 heavy (non-hydrogen) atoms. The normalized spacial score (nSPS) is 14.4. The van der Waals surface area contributed by atoms with Crippen LogP contribution in [0.25, 0.3) is 0 Å². The fourth-order valence-corrected chi connectivity index (χ4v) is 1.58. The van der Waals surface area contributed by atoms with Crippen LogP contribution >= 0.6 is 12.6 Å². The van der Waals surface area contributed by atoms with Gasteiger partial charge < -0.3 is 15.3 Å². The average Bonchev–Trinajstić information content (AvgIpc) is 2.29. The first-order chi connectivity index (χ1) is 7.95. The average molecular weight is 260 g/mol. The lowest BCUT2D eigenvalue weighted by Crippen LogP contribution is -2.20. The predicted molar refractivity (Wildman–Crippen MR) is 62.6 cm³/mol. The summed E-state index contributed by atoms with van der Waals surface area (Å²) in [6.45, 7) is 0. The maximum atomic E-state index is 13.5. The Morgan fingerprint density at radius 1 is 1.41 bits per heavy atom. The highest BCUT2D eigenvalue weighted by Crippen LogP contribution is 2.20. The van der Waals surface area contributed by atoms with Crippen molar-refractivity contribution in [3.63, 3.8) is 0 Å². The predicted octanol–water partition coefficient (Wildman–Crippen LogP) is 0.777. The molecule has 0 fully saturated rings. The Labute approximate surface area is 103 Å². The molecule has 4 nitrogen and oxygen atoms in total. The summed E-state index contributed by atoms with van der Waals surface area (Å²) in [5.41, 5.74) is 0.229. The summed E-state index contributed by atoms with van der Waals surface area (Å²) in [5.74, 6) is -1.80. The van der Waals surface area contributed by atoms with E-state index in [2.05, 4.69) is 12.6 Å². The highest BCUT2D eigenvalue weighted by Gasteiger charge is 2.18. The zero-order valence-electron chi connectivity index (χ0n) is 8.88. The highest BCUT2D eigenvalue weighted by atomic mass is 32.1. The van der Waals surface area contributed by atoms with Gasteiger partial charge in [-0.1, -0.05) is 12.1 Å². The zero-order valence-corrected chi connectivity index (χ0v) is 9.77. The summed E-state index contributed by atoms with van der Waals surface area (Å²) in [7, 11) is 0. The number of halogens is 1. The van der Waals surface area contributed by atoms with Crippen molar-refractivity contribution < 1.29 is 24.5 Å². The molecule has 0 aliphatic rings. The van der Waals surface area contributed by atoms with Gasteiger partial charge >= 0.3 is 5.97 Å². The van der Waals surface area contributed by atoms with Crippen molar-refractivity contribution in [2.24, 2.45) is 0 Å². The molecular formula is C11H13FO4S. The number of benzene rings is 1. The van der Waals surface area contributed by atoms with Crippen LogP contribution < -0.4 is 0 Å². The number of carboxylic acid groups (broad SMARTS) is 1. The van der Waals surface area contributed by atoms with Crippen LogP contribution in [-0.4, -0.2) is 33.1 Å². The molecule has 0 bridgehead atoms. The lowest BCUT2D eigenvalue weighted by molar-refractivity contribution is -0.136. The number of hydrogen-bond donors (Lipinski definition) is 4. The van der Waals surface area contributed by atoms with Crippen molar-refractivity contribution in [2.45, 2.75) is 18.6 Å². The minimum absolute atomic E-state index is 0.0359. The molecule has 0 aromatic heterocycles. The number of thiol groups is 1. The summed E-state index contributed by atoms with van der Waals surface area (Å²) in [5, 5.41) is 27.5. The second kappa shape index (κ2) is 6.00. The van der Waals surface area contributed by atoms with Crippen LogP contribution in [0.1, 0.15) is 17.2 Å². The van der Waals surface area contributed by atoms with Gasteiger partial charge in [0.1, 0.15) is 11.9 Å². The highest BCUT2D eigenvalue weighted by molar-refractivity contribution is 7.80. The number of rotatable bonds is 5. The van der Waals surface area contributed by atoms with Crippen LogP contribution in [0.2, 0.25) is 0 Å². The molecule has 2 unspecified atom stereocenters. The molecule has 2 atom stereocenters. The second-order valence-corrected chi connectivity index (χ2v) is 3.98. The summed E-state index contributed by atoms with van der Waals surface area (Å²) in [6.07, 6.45) is -2.75. The maximum Gasteiger partial charge on any atom is 0.307 e. The lowest BCUT2D eigenvalue weighted by Gasteiger charge is -2.16. The molecule has 0 aliphatic carbocycles. The Hall–Kier alpha value is -1.11. The van der Waals surface area contributed by atoms with E-state index in [0.717, 1.165) is 6.07 Å². The maximum absolute atomic E-state index is 13.5. The van der Waals surface area contributed by atoms with E-state index in [1.807, 2.05) is 0 Å². The molecule has 0 heterocycles. The molecule has 0 saturated heterocycles. The van der Waals surface area contributed by atoms with E-state index < -0.39 is 30.4 Å². The Balaban J connectivity index is 2.92. The van der Waals surface area contributed by atoms with Crippen LogP contribution in [0.4, 0.5) is 4.39 Å². The van der Waals surface area contributed by atoms with Gasteiger partial charge in [0, 0.05) is 5.75 Å². The summed E-state index contributed by atoms with van der Waals surface area (Å²) < 4.78 is 13.5. The molecule has 1 aromatic carbocycles. The topological polar surface area (TPSA) is 77.8 Å². The molecule has 1 aromatic rings. The van der Waals surface area contributed by atoms with Gasteiger partial charge in [0.2, 0.25) is 0 Å². The van der Waals surface area contributed by atoms with Gasteiger partial charge in [0.05, 0.1) is 12.5 Å². The summed E-state index contributed by atoms with van der Waals surface area (Å²) in [6, 6.07) is 3.70. The quantitative estimate of drug-likeness (QED) is 0.590. The van der Waals surface area contributed by atoms with Crippen molar-refractivity contribution >= 4 is 18.6 Å². The van der Waals surface area contributed by atoms with E-state index in [1.165, 1.54) is 12.1 Å². The van der Waals surface area contributed by atoms with Crippen molar-refractivity contribution in [1.29, 1.82) is 0 Å². The fraction of sp³-hybridized carbons (Fsp3) is 0.364. The zero-order chi connectivity index (χ0) is 13.0. The van der Waals surface area contributed by atoms with E-state index in [0.29, 0.717) is 0 Å². The molecule has 0 amide bonds. The first kappa shape index (κ1) is 14.0. The number of aliphatic hydroxyl groups excluding tert-OH is 2. The largest absolute Gasteiger partial charge is 0.481 e. The van der Waals surface area contributed by atoms with Crippen molar-refractivity contribution in [2.75, 3.05) is 5.75 Å². The van der Waals surface area contributed by atoms with Crippen LogP contribution in [-0.2, 0) is 11.2 Å². The number of aliphatic carboxylic acids is 1. The minimum Gasteiger partial charge on any atom is -0.481 e. The molecule has 0 aliphatic heterocycles. The molecule has 6 heteroatoms. The van der Waals surface area contributed by atoms with E-state index in [9.17, 15) is 19.4 Å². The SMILES string of the molecule is O=C(O)Cc1ccc(C(O)C(O)CS)cc1F. The fourth-order valence-electron chi connectivity index (χ4n) is 1.38. The first-order valence-corrected chi connectivity index (χ1v) is 5.56. The van der Waals surface area contributed by atoms with E-state index in [1.54, 1.807) is 0 Å². The number of carboxylic acids is 1. The Morgan fingerprint density at radius 2 is 2.06 bits per heavy atom. The third-order valence-electron chi connectivity index (χ3n) is 2.31. The van der Waals surface area contributed by atoms with Crippen molar-refractivity contribution in [3.05, 3.63) is 35.1 Å². The van der Waals surface area contributed by atoms with Gasteiger partial charge in [-0.2, -0.15) is 12.6 Å². The lowest BCUT2D eigenvalue weighted by atomic mass is 10.0. The van der Waals surface area contributed by atoms with Crippen molar-refractivity contribution in [1.82, 2.24) is 0 Å². The van der Waals surface area contributed by atoms with Crippen molar-refractivity contribution in [3.8, 4) is 0 Å². The molecule has 1 rings (SSSR count). The van der Waals surface area contributed by atoms with Gasteiger partial charge in [-0.25, -0.2) is 4.39 Å². The summed E-state index contributed by atoms with van der Waals surface area (Å²) in [4.78, 5) is 10.4. The van der Waals surface area contributed by atoms with Gasteiger partial charge in [-0.3, -0.25) is 4.79 Å². The van der Waals surface area contributed by atoms with Gasteiger partial charge in [-0.05, 0) is 17.2 Å². The molecule has 3 N–H and O–H groups in total. The van der Waals surface area contributed by atoms with Crippen LogP contribution in [0.15, 0.2) is 18.2 Å². The molecule has 0 spiro atoms. The van der Waals surface area contributed by atoms with Crippen LogP contribution in [0, 0.1) is 5.82 Å². The first-order valence-electron chi connectivity index (χ1n) is 4.92. The number of hydrogen-bond acceptors (Lipinski definition) is 4. The molecule has 0 saturated carbocycles. The third kappa shape index (κ3) is 3.69. The molecule has 0 radical (unpaired) electrons. The third-order valence-corrected chi connectivity index (χ3v) is 2.69. The van der Waals surface area contributed by atoms with Gasteiger partial charge in [0.15, 0.2) is 0 Å². The molecule has 94 valence electrons. The van der Waals surface area contributed by atoms with E-state index >= 15 is 0 Å². The smallest absolute Gasteiger partial charge is 0.307 e. The molecular weight excluding hydrogens is 247 g/mol. The monoisotopic (exact) mass is 260 g/mol. The van der Waals surface area contributed by atoms with Crippen LogP contribution in [0.3, 0.4) is 0 Å². The minimum atomic E-state index is -1.24. The van der Waals surface area contributed by atoms with Gasteiger partial charge in [0.25, 0.3) is 0 Å². The number of carbonyl (C=O) groups is 1. The van der Waals surface area contributed by atoms with Gasteiger partial charge in [-0.15, -0.1) is 0 Å². The second-order valence-electron chi connectivity index (χ2n) is 3.62. The Kier molecular flexibility index (Phi) is 4.92.